The molecule has 0 radical (unpaired) electrons. The Morgan fingerprint density at radius 2 is 1.90 bits per heavy atom. The first kappa shape index (κ1) is 15.7. The molecule has 0 aromatic heterocycles. The molecule has 1 fully saturated rings. The number of carbonyl (C=O) groups is 2. The molecule has 0 saturated carbocycles. The molecule has 2 rings (SSSR count). The lowest BCUT2D eigenvalue weighted by atomic mass is 9.97. The average Bonchev–Trinajstić information content (AvgIpc) is 2.43. The van der Waals surface area contributed by atoms with Gasteiger partial charge in [-0.2, -0.15) is 0 Å². The molecule has 5 heteroatoms. The number of amides is 1. The molecule has 1 amide bonds. The Hall–Kier alpha value is -1.72. The van der Waals surface area contributed by atoms with Crippen LogP contribution in [0.25, 0.3) is 0 Å². The zero-order valence-corrected chi connectivity index (χ0v) is 12.8. The molecule has 1 aliphatic rings. The van der Waals surface area contributed by atoms with Gasteiger partial charge in [0.05, 0.1) is 19.8 Å². The number of Topliss-reactive ketones (excluding diaryl/α,β-unsaturated/α-hetero) is 1. The molecule has 0 spiro atoms. The van der Waals surface area contributed by atoms with Crippen LogP contribution in [0.5, 0.6) is 0 Å². The van der Waals surface area contributed by atoms with E-state index in [2.05, 4.69) is 0 Å². The van der Waals surface area contributed by atoms with Crippen molar-refractivity contribution in [2.75, 3.05) is 26.3 Å². The van der Waals surface area contributed by atoms with E-state index in [0.29, 0.717) is 18.7 Å². The van der Waals surface area contributed by atoms with E-state index >= 15 is 0 Å². The lowest BCUT2D eigenvalue weighted by molar-refractivity contribution is -0.128. The standard InChI is InChI=1S/C16H22N2O3/c1-10-6-12(3)13(7-11(10)2)15(19)8-18-4-5-21-9-14(18)16(17)20/h6-7,14H,4-5,8-9H2,1-3H3,(H2,17,20). The van der Waals surface area contributed by atoms with Crippen LogP contribution in [-0.4, -0.2) is 48.9 Å². The monoisotopic (exact) mass is 290 g/mol. The van der Waals surface area contributed by atoms with Gasteiger partial charge in [0.2, 0.25) is 5.91 Å². The molecule has 1 aliphatic heterocycles. The number of benzene rings is 1. The van der Waals surface area contributed by atoms with Gasteiger partial charge >= 0.3 is 0 Å². The number of hydrogen-bond donors (Lipinski definition) is 1. The highest BCUT2D eigenvalue weighted by molar-refractivity contribution is 5.99. The number of ether oxygens (including phenoxy) is 1. The normalized spacial score (nSPS) is 19.5. The molecular formula is C16H22N2O3. The fourth-order valence-corrected chi connectivity index (χ4v) is 2.62. The molecule has 0 aliphatic carbocycles. The van der Waals surface area contributed by atoms with Gasteiger partial charge in [0.25, 0.3) is 0 Å². The third kappa shape index (κ3) is 3.49. The van der Waals surface area contributed by atoms with Crippen molar-refractivity contribution in [2.24, 2.45) is 5.73 Å². The second-order valence-electron chi connectivity index (χ2n) is 5.64. The summed E-state index contributed by atoms with van der Waals surface area (Å²) in [6.45, 7) is 7.47. The average molecular weight is 290 g/mol. The highest BCUT2D eigenvalue weighted by Crippen LogP contribution is 2.17. The van der Waals surface area contributed by atoms with Gasteiger partial charge in [-0.1, -0.05) is 6.07 Å². The van der Waals surface area contributed by atoms with Crippen molar-refractivity contribution in [3.05, 3.63) is 34.4 Å². The maximum Gasteiger partial charge on any atom is 0.237 e. The summed E-state index contributed by atoms with van der Waals surface area (Å²) in [6, 6.07) is 3.43. The molecule has 114 valence electrons. The molecule has 1 saturated heterocycles. The number of nitrogens with two attached hydrogens (primary N) is 1. The topological polar surface area (TPSA) is 72.6 Å². The van der Waals surface area contributed by atoms with Crippen LogP contribution < -0.4 is 5.73 Å². The van der Waals surface area contributed by atoms with Crippen LogP contribution in [0.15, 0.2) is 12.1 Å². The van der Waals surface area contributed by atoms with Crippen LogP contribution in [0.4, 0.5) is 0 Å². The van der Waals surface area contributed by atoms with E-state index in [1.807, 2.05) is 37.8 Å². The quantitative estimate of drug-likeness (QED) is 0.839. The van der Waals surface area contributed by atoms with E-state index in [9.17, 15) is 9.59 Å². The zero-order chi connectivity index (χ0) is 15.6. The first-order chi connectivity index (χ1) is 9.90. The minimum absolute atomic E-state index is 0.0174. The molecule has 1 atom stereocenters. The lowest BCUT2D eigenvalue weighted by Crippen LogP contribution is -2.53. The molecule has 1 heterocycles. The Morgan fingerprint density at radius 1 is 1.24 bits per heavy atom. The molecular weight excluding hydrogens is 268 g/mol. The van der Waals surface area contributed by atoms with Crippen LogP contribution in [-0.2, 0) is 9.53 Å². The van der Waals surface area contributed by atoms with Gasteiger partial charge in [0.15, 0.2) is 5.78 Å². The number of nitrogens with zero attached hydrogens (tertiary/aromatic N) is 1. The van der Waals surface area contributed by atoms with Crippen LogP contribution in [0, 0.1) is 20.8 Å². The van der Waals surface area contributed by atoms with Crippen molar-refractivity contribution < 1.29 is 14.3 Å². The zero-order valence-electron chi connectivity index (χ0n) is 12.8. The van der Waals surface area contributed by atoms with Crippen LogP contribution in [0.3, 0.4) is 0 Å². The third-order valence-corrected chi connectivity index (χ3v) is 4.06. The molecule has 1 aromatic carbocycles. The van der Waals surface area contributed by atoms with E-state index in [0.717, 1.165) is 11.1 Å². The summed E-state index contributed by atoms with van der Waals surface area (Å²) in [5, 5.41) is 0. The fourth-order valence-electron chi connectivity index (χ4n) is 2.62. The number of hydrogen-bond acceptors (Lipinski definition) is 4. The molecule has 1 unspecified atom stereocenters. The number of aryl methyl sites for hydroxylation is 3. The Kier molecular flexibility index (Phi) is 4.75. The van der Waals surface area contributed by atoms with E-state index in [4.69, 9.17) is 10.5 Å². The highest BCUT2D eigenvalue weighted by Gasteiger charge is 2.29. The van der Waals surface area contributed by atoms with E-state index in [1.165, 1.54) is 5.56 Å². The predicted octanol–water partition coefficient (Wildman–Crippen LogP) is 0.981. The van der Waals surface area contributed by atoms with E-state index < -0.39 is 11.9 Å². The van der Waals surface area contributed by atoms with Crippen LogP contribution >= 0.6 is 0 Å². The Bertz CT molecular complexity index is 569. The van der Waals surface area contributed by atoms with Crippen molar-refractivity contribution in [3.63, 3.8) is 0 Å². The van der Waals surface area contributed by atoms with Gasteiger partial charge in [-0.15, -0.1) is 0 Å². The molecule has 2 N–H and O–H groups in total. The van der Waals surface area contributed by atoms with Crippen LogP contribution in [0.1, 0.15) is 27.0 Å². The van der Waals surface area contributed by atoms with Crippen molar-refractivity contribution in [2.45, 2.75) is 26.8 Å². The van der Waals surface area contributed by atoms with E-state index in [-0.39, 0.29) is 18.9 Å². The van der Waals surface area contributed by atoms with Crippen molar-refractivity contribution in [1.82, 2.24) is 4.90 Å². The molecule has 0 bridgehead atoms. The highest BCUT2D eigenvalue weighted by atomic mass is 16.5. The van der Waals surface area contributed by atoms with Crippen molar-refractivity contribution in [1.29, 1.82) is 0 Å². The fraction of sp³-hybridized carbons (Fsp3) is 0.500. The second kappa shape index (κ2) is 6.37. The van der Waals surface area contributed by atoms with Gasteiger partial charge in [-0.25, -0.2) is 0 Å². The minimum Gasteiger partial charge on any atom is -0.378 e. The summed E-state index contributed by atoms with van der Waals surface area (Å²) >= 11 is 0. The smallest absolute Gasteiger partial charge is 0.237 e. The van der Waals surface area contributed by atoms with Crippen LogP contribution in [0.2, 0.25) is 0 Å². The Balaban J connectivity index is 2.17. The summed E-state index contributed by atoms with van der Waals surface area (Å²) in [6.07, 6.45) is 0. The molecule has 1 aromatic rings. The van der Waals surface area contributed by atoms with Gasteiger partial charge in [0, 0.05) is 12.1 Å². The number of ketones is 1. The maximum absolute atomic E-state index is 12.5. The molecule has 21 heavy (non-hydrogen) atoms. The van der Waals surface area contributed by atoms with Gasteiger partial charge in [0.1, 0.15) is 6.04 Å². The summed E-state index contributed by atoms with van der Waals surface area (Å²) in [7, 11) is 0. The number of carbonyl (C=O) groups excluding carboxylic acids is 2. The molecule has 5 nitrogen and oxygen atoms in total. The summed E-state index contributed by atoms with van der Waals surface area (Å²) < 4.78 is 5.27. The Morgan fingerprint density at radius 3 is 2.57 bits per heavy atom. The number of rotatable bonds is 4. The summed E-state index contributed by atoms with van der Waals surface area (Å²) in [5.41, 5.74) is 9.32. The van der Waals surface area contributed by atoms with Crippen molar-refractivity contribution in [3.8, 4) is 0 Å². The SMILES string of the molecule is Cc1cc(C)c(C(=O)CN2CCOCC2C(N)=O)cc1C. The van der Waals surface area contributed by atoms with Gasteiger partial charge < -0.3 is 10.5 Å². The van der Waals surface area contributed by atoms with E-state index in [1.54, 1.807) is 0 Å². The number of primary amides is 1. The summed E-state index contributed by atoms with van der Waals surface area (Å²) in [5.74, 6) is -0.428. The Labute approximate surface area is 125 Å². The third-order valence-electron chi connectivity index (χ3n) is 4.06. The minimum atomic E-state index is -0.519. The first-order valence-corrected chi connectivity index (χ1v) is 7.12. The van der Waals surface area contributed by atoms with Gasteiger partial charge in [-0.05, 0) is 43.5 Å². The van der Waals surface area contributed by atoms with Gasteiger partial charge in [-0.3, -0.25) is 14.5 Å². The lowest BCUT2D eigenvalue weighted by Gasteiger charge is -2.32. The predicted molar refractivity (Wildman–Crippen MR) is 80.4 cm³/mol. The second-order valence-corrected chi connectivity index (χ2v) is 5.64. The number of morpholine rings is 1. The largest absolute Gasteiger partial charge is 0.378 e. The first-order valence-electron chi connectivity index (χ1n) is 7.12. The maximum atomic E-state index is 12.5. The summed E-state index contributed by atoms with van der Waals surface area (Å²) in [4.78, 5) is 25.8. The van der Waals surface area contributed by atoms with Crippen molar-refractivity contribution >= 4 is 11.7 Å².